The minimum absolute atomic E-state index is 0.211. The number of rotatable bonds is 2. The summed E-state index contributed by atoms with van der Waals surface area (Å²) < 4.78 is 0. The van der Waals surface area contributed by atoms with Crippen molar-refractivity contribution in [2.24, 2.45) is 11.3 Å². The van der Waals surface area contributed by atoms with Crippen LogP contribution in [0.4, 0.5) is 0 Å². The van der Waals surface area contributed by atoms with Gasteiger partial charge in [0.2, 0.25) is 0 Å². The summed E-state index contributed by atoms with van der Waals surface area (Å²) in [5.41, 5.74) is 0.717. The highest BCUT2D eigenvalue weighted by Crippen LogP contribution is 2.48. The lowest BCUT2D eigenvalue weighted by Gasteiger charge is -2.56. The lowest BCUT2D eigenvalue weighted by atomic mass is 9.63. The van der Waals surface area contributed by atoms with E-state index in [9.17, 15) is 0 Å². The monoisotopic (exact) mass is 164 g/mol. The lowest BCUT2D eigenvalue weighted by Crippen LogP contribution is -2.60. The fourth-order valence-corrected chi connectivity index (χ4v) is 2.45. The standard InChI is InChI=1S/C10H16N2/c1-9(5-11)6-12-7-10(8-12)3-2-4-10/h9H,2-4,6-8H2,1H3. The third kappa shape index (κ3) is 1.23. The van der Waals surface area contributed by atoms with Gasteiger partial charge in [-0.05, 0) is 25.2 Å². The highest BCUT2D eigenvalue weighted by atomic mass is 15.2. The molecule has 66 valence electrons. The van der Waals surface area contributed by atoms with Gasteiger partial charge in [-0.25, -0.2) is 0 Å². The first-order valence-corrected chi connectivity index (χ1v) is 4.86. The van der Waals surface area contributed by atoms with Crippen molar-refractivity contribution < 1.29 is 0 Å². The van der Waals surface area contributed by atoms with Crippen molar-refractivity contribution in [3.05, 3.63) is 0 Å². The second kappa shape index (κ2) is 2.74. The Bertz CT molecular complexity index is 204. The first-order valence-electron chi connectivity index (χ1n) is 4.86. The number of likely N-dealkylation sites (tertiary alicyclic amines) is 1. The summed E-state index contributed by atoms with van der Waals surface area (Å²) in [6.45, 7) is 5.52. The largest absolute Gasteiger partial charge is 0.301 e. The zero-order chi connectivity index (χ0) is 8.60. The van der Waals surface area contributed by atoms with Crippen LogP contribution in [-0.2, 0) is 0 Å². The minimum atomic E-state index is 0.211. The van der Waals surface area contributed by atoms with Gasteiger partial charge in [-0.2, -0.15) is 5.26 Å². The zero-order valence-corrected chi connectivity index (χ0v) is 7.71. The van der Waals surface area contributed by atoms with Gasteiger partial charge in [0.05, 0.1) is 12.0 Å². The molecule has 0 aromatic rings. The zero-order valence-electron chi connectivity index (χ0n) is 7.71. The fourth-order valence-electron chi connectivity index (χ4n) is 2.45. The maximum absolute atomic E-state index is 8.63. The van der Waals surface area contributed by atoms with Gasteiger partial charge in [-0.15, -0.1) is 0 Å². The van der Waals surface area contributed by atoms with Crippen molar-refractivity contribution in [2.45, 2.75) is 26.2 Å². The van der Waals surface area contributed by atoms with Crippen molar-refractivity contribution >= 4 is 0 Å². The van der Waals surface area contributed by atoms with E-state index in [1.165, 1.54) is 32.4 Å². The van der Waals surface area contributed by atoms with Crippen LogP contribution < -0.4 is 0 Å². The third-order valence-electron chi connectivity index (χ3n) is 3.28. The maximum atomic E-state index is 8.63. The predicted molar refractivity (Wildman–Crippen MR) is 47.5 cm³/mol. The van der Waals surface area contributed by atoms with Gasteiger partial charge in [-0.1, -0.05) is 6.42 Å². The van der Waals surface area contributed by atoms with E-state index in [4.69, 9.17) is 5.26 Å². The Balaban J connectivity index is 1.71. The summed E-state index contributed by atoms with van der Waals surface area (Å²) >= 11 is 0. The predicted octanol–water partition coefficient (Wildman–Crippen LogP) is 1.63. The summed E-state index contributed by atoms with van der Waals surface area (Å²) in [6.07, 6.45) is 4.30. The van der Waals surface area contributed by atoms with Crippen LogP contribution in [0.1, 0.15) is 26.2 Å². The average molecular weight is 164 g/mol. The van der Waals surface area contributed by atoms with Crippen LogP contribution >= 0.6 is 0 Å². The molecule has 2 aliphatic rings. The van der Waals surface area contributed by atoms with Crippen LogP contribution in [0.5, 0.6) is 0 Å². The molecule has 0 amide bonds. The Labute approximate surface area is 74.2 Å². The Kier molecular flexibility index (Phi) is 1.84. The van der Waals surface area contributed by atoms with Crippen LogP contribution in [0.25, 0.3) is 0 Å². The first-order chi connectivity index (χ1) is 5.74. The van der Waals surface area contributed by atoms with Gasteiger partial charge in [-0.3, -0.25) is 0 Å². The fraction of sp³-hybridized carbons (Fsp3) is 0.900. The van der Waals surface area contributed by atoms with Crippen LogP contribution in [0.3, 0.4) is 0 Å². The highest BCUT2D eigenvalue weighted by molar-refractivity contribution is 5.01. The molecule has 1 saturated heterocycles. The van der Waals surface area contributed by atoms with Crippen molar-refractivity contribution in [1.29, 1.82) is 5.26 Å². The molecule has 2 rings (SSSR count). The Morgan fingerprint density at radius 3 is 2.58 bits per heavy atom. The quantitative estimate of drug-likeness (QED) is 0.620. The molecule has 0 radical (unpaired) electrons. The van der Waals surface area contributed by atoms with Gasteiger partial charge >= 0.3 is 0 Å². The molecule has 0 aromatic heterocycles. The molecule has 1 aliphatic carbocycles. The topological polar surface area (TPSA) is 27.0 Å². The molecule has 2 heteroatoms. The minimum Gasteiger partial charge on any atom is -0.301 e. The third-order valence-corrected chi connectivity index (χ3v) is 3.28. The lowest BCUT2D eigenvalue weighted by molar-refractivity contribution is -0.0627. The molecule has 1 unspecified atom stereocenters. The van der Waals surface area contributed by atoms with Gasteiger partial charge in [0.15, 0.2) is 0 Å². The molecule has 2 nitrogen and oxygen atoms in total. The van der Waals surface area contributed by atoms with E-state index in [2.05, 4.69) is 11.0 Å². The molecule has 1 saturated carbocycles. The molecular weight excluding hydrogens is 148 g/mol. The van der Waals surface area contributed by atoms with Gasteiger partial charge in [0.1, 0.15) is 0 Å². The summed E-state index contributed by atoms with van der Waals surface area (Å²) in [4.78, 5) is 2.42. The number of hydrogen-bond donors (Lipinski definition) is 0. The molecule has 12 heavy (non-hydrogen) atoms. The smallest absolute Gasteiger partial charge is 0.0666 e. The second-order valence-corrected chi connectivity index (χ2v) is 4.55. The maximum Gasteiger partial charge on any atom is 0.0666 e. The van der Waals surface area contributed by atoms with E-state index in [0.717, 1.165) is 12.0 Å². The van der Waals surface area contributed by atoms with E-state index in [0.29, 0.717) is 0 Å². The summed E-state index contributed by atoms with van der Waals surface area (Å²) in [6, 6.07) is 2.29. The van der Waals surface area contributed by atoms with E-state index < -0.39 is 0 Å². The number of nitriles is 1. The van der Waals surface area contributed by atoms with E-state index in [-0.39, 0.29) is 5.92 Å². The van der Waals surface area contributed by atoms with Gasteiger partial charge in [0, 0.05) is 19.6 Å². The van der Waals surface area contributed by atoms with E-state index >= 15 is 0 Å². The average Bonchev–Trinajstić information content (AvgIpc) is 1.91. The van der Waals surface area contributed by atoms with Crippen LogP contribution in [0.15, 0.2) is 0 Å². The summed E-state index contributed by atoms with van der Waals surface area (Å²) in [5, 5.41) is 8.63. The Morgan fingerprint density at radius 1 is 1.50 bits per heavy atom. The summed E-state index contributed by atoms with van der Waals surface area (Å²) in [5.74, 6) is 0.211. The highest BCUT2D eigenvalue weighted by Gasteiger charge is 2.46. The van der Waals surface area contributed by atoms with Gasteiger partial charge < -0.3 is 4.90 Å². The van der Waals surface area contributed by atoms with Crippen molar-refractivity contribution in [1.82, 2.24) is 4.90 Å². The first kappa shape index (κ1) is 8.07. The van der Waals surface area contributed by atoms with Crippen molar-refractivity contribution in [2.75, 3.05) is 19.6 Å². The molecule has 1 spiro atoms. The van der Waals surface area contributed by atoms with E-state index in [1.54, 1.807) is 0 Å². The van der Waals surface area contributed by atoms with Crippen molar-refractivity contribution in [3.63, 3.8) is 0 Å². The van der Waals surface area contributed by atoms with E-state index in [1.807, 2.05) is 6.92 Å². The molecule has 1 aliphatic heterocycles. The SMILES string of the molecule is CC(C#N)CN1CC2(CCC2)C1. The second-order valence-electron chi connectivity index (χ2n) is 4.55. The Morgan fingerprint density at radius 2 is 2.17 bits per heavy atom. The summed E-state index contributed by atoms with van der Waals surface area (Å²) in [7, 11) is 0. The Hall–Kier alpha value is -0.550. The molecule has 0 bridgehead atoms. The molecular formula is C10H16N2. The number of hydrogen-bond acceptors (Lipinski definition) is 2. The molecule has 0 aromatic carbocycles. The molecule has 0 N–H and O–H groups in total. The normalized spacial score (nSPS) is 28.7. The molecule has 1 atom stereocenters. The molecule has 2 fully saturated rings. The number of nitrogens with zero attached hydrogens (tertiary/aromatic N) is 2. The van der Waals surface area contributed by atoms with Crippen molar-refractivity contribution in [3.8, 4) is 6.07 Å². The van der Waals surface area contributed by atoms with Gasteiger partial charge in [0.25, 0.3) is 0 Å². The molecule has 1 heterocycles. The van der Waals surface area contributed by atoms with Crippen LogP contribution in [-0.4, -0.2) is 24.5 Å². The van der Waals surface area contributed by atoms with Crippen LogP contribution in [0.2, 0.25) is 0 Å². The van der Waals surface area contributed by atoms with Crippen LogP contribution in [0, 0.1) is 22.7 Å².